The number of para-hydroxylation sites is 1. The Labute approximate surface area is 294 Å². The van der Waals surface area contributed by atoms with Crippen LogP contribution >= 0.6 is 0 Å². The highest BCUT2D eigenvalue weighted by Crippen LogP contribution is 2.45. The van der Waals surface area contributed by atoms with Crippen LogP contribution in [0, 0.1) is 34.0 Å². The summed E-state index contributed by atoms with van der Waals surface area (Å²) < 4.78 is 2.17. The third-order valence-electron chi connectivity index (χ3n) is 9.84. The van der Waals surface area contributed by atoms with Gasteiger partial charge in [0.2, 0.25) is 0 Å². The molecule has 0 aliphatic heterocycles. The lowest BCUT2D eigenvalue weighted by Crippen LogP contribution is -2.00. The van der Waals surface area contributed by atoms with Gasteiger partial charge in [0.15, 0.2) is 0 Å². The van der Waals surface area contributed by atoms with Crippen molar-refractivity contribution < 1.29 is 0 Å². The lowest BCUT2D eigenvalue weighted by atomic mass is 9.84. The van der Waals surface area contributed by atoms with E-state index < -0.39 is 0 Å². The molecule has 0 atom stereocenters. The molecule has 0 saturated heterocycles. The minimum absolute atomic E-state index is 0.502. The second kappa shape index (κ2) is 11.9. The van der Waals surface area contributed by atoms with E-state index in [4.69, 9.17) is 0 Å². The Hall–Kier alpha value is -7.45. The number of fused-ring (bicyclic) bond motifs is 5. The standard InChI is InChI=1S/C47H26N4/c48-27-30-21-22-43-41(25-30)36-14-8-9-19-42(36)51(43)44-20-10-13-33(29-50)45(44)34-23-31(28-49)24-35(26-34)47-39-17-6-4-15-37(39)46(32-11-2-1-3-12-32)38-16-5-7-18-40(38)47/h1-26H. The normalized spacial score (nSPS) is 11.1. The second-order valence-electron chi connectivity index (χ2n) is 12.6. The van der Waals surface area contributed by atoms with E-state index in [-0.39, 0.29) is 0 Å². The maximum atomic E-state index is 10.6. The van der Waals surface area contributed by atoms with Crippen LogP contribution in [0.25, 0.3) is 82.4 Å². The number of benzene rings is 8. The molecule has 0 radical (unpaired) electrons. The molecule has 0 aliphatic rings. The van der Waals surface area contributed by atoms with Crippen molar-refractivity contribution in [3.05, 3.63) is 174 Å². The molecule has 0 unspecified atom stereocenters. The van der Waals surface area contributed by atoms with Gasteiger partial charge in [-0.2, -0.15) is 15.8 Å². The summed E-state index contributed by atoms with van der Waals surface area (Å²) in [5.74, 6) is 0. The molecule has 4 heteroatoms. The largest absolute Gasteiger partial charge is 0.309 e. The maximum Gasteiger partial charge on any atom is 0.0998 e. The summed E-state index contributed by atoms with van der Waals surface area (Å²) in [6, 6.07) is 60.1. The van der Waals surface area contributed by atoms with Gasteiger partial charge in [-0.05, 0) is 104 Å². The van der Waals surface area contributed by atoms with Crippen molar-refractivity contribution in [3.63, 3.8) is 0 Å². The highest BCUT2D eigenvalue weighted by molar-refractivity contribution is 6.21. The van der Waals surface area contributed by atoms with Crippen LogP contribution in [-0.2, 0) is 0 Å². The van der Waals surface area contributed by atoms with Gasteiger partial charge < -0.3 is 4.57 Å². The summed E-state index contributed by atoms with van der Waals surface area (Å²) in [4.78, 5) is 0. The van der Waals surface area contributed by atoms with Gasteiger partial charge in [-0.15, -0.1) is 0 Å². The van der Waals surface area contributed by atoms with Crippen LogP contribution in [0.2, 0.25) is 0 Å². The molecular formula is C47H26N4. The van der Waals surface area contributed by atoms with Gasteiger partial charge in [-0.1, -0.05) is 103 Å². The Balaban J connectivity index is 1.37. The number of hydrogen-bond donors (Lipinski definition) is 0. The summed E-state index contributed by atoms with van der Waals surface area (Å²) in [5, 5.41) is 37.1. The fourth-order valence-electron chi connectivity index (χ4n) is 7.76. The highest BCUT2D eigenvalue weighted by Gasteiger charge is 2.21. The van der Waals surface area contributed by atoms with Crippen LogP contribution in [0.15, 0.2) is 158 Å². The summed E-state index contributed by atoms with van der Waals surface area (Å²) in [7, 11) is 0. The van der Waals surface area contributed by atoms with Gasteiger partial charge in [-0.3, -0.25) is 0 Å². The minimum atomic E-state index is 0.502. The zero-order valence-corrected chi connectivity index (χ0v) is 27.3. The van der Waals surface area contributed by atoms with Crippen molar-refractivity contribution in [2.75, 3.05) is 0 Å². The third-order valence-corrected chi connectivity index (χ3v) is 9.84. The number of nitrogens with zero attached hydrogens (tertiary/aromatic N) is 4. The van der Waals surface area contributed by atoms with Gasteiger partial charge in [0, 0.05) is 16.3 Å². The number of rotatable bonds is 4. The third kappa shape index (κ3) is 4.66. The van der Waals surface area contributed by atoms with Gasteiger partial charge in [0.05, 0.1) is 51.6 Å². The Kier molecular flexibility index (Phi) is 6.93. The molecule has 0 amide bonds. The first kappa shape index (κ1) is 29.7. The first-order chi connectivity index (χ1) is 25.2. The molecular weight excluding hydrogens is 621 g/mol. The van der Waals surface area contributed by atoms with Crippen LogP contribution < -0.4 is 0 Å². The molecule has 0 bridgehead atoms. The molecule has 8 aromatic carbocycles. The molecule has 0 spiro atoms. The van der Waals surface area contributed by atoms with Crippen molar-refractivity contribution in [3.8, 4) is 57.3 Å². The Morgan fingerprint density at radius 1 is 0.353 bits per heavy atom. The lowest BCUT2D eigenvalue weighted by molar-refractivity contribution is 1.18. The van der Waals surface area contributed by atoms with E-state index >= 15 is 0 Å². The monoisotopic (exact) mass is 646 g/mol. The van der Waals surface area contributed by atoms with Gasteiger partial charge in [-0.25, -0.2) is 0 Å². The molecule has 9 rings (SSSR count). The Bertz CT molecular complexity index is 2940. The lowest BCUT2D eigenvalue weighted by Gasteiger charge is -2.19. The van der Waals surface area contributed by atoms with E-state index in [9.17, 15) is 15.8 Å². The fourth-order valence-corrected chi connectivity index (χ4v) is 7.76. The predicted octanol–water partition coefficient (Wildman–Crippen LogP) is 11.7. The van der Waals surface area contributed by atoms with E-state index in [1.165, 1.54) is 5.56 Å². The van der Waals surface area contributed by atoms with Crippen molar-refractivity contribution >= 4 is 43.4 Å². The molecule has 1 heterocycles. The van der Waals surface area contributed by atoms with E-state index in [0.717, 1.165) is 76.9 Å². The van der Waals surface area contributed by atoms with Crippen LogP contribution in [-0.4, -0.2) is 4.57 Å². The summed E-state index contributed by atoms with van der Waals surface area (Å²) in [6.07, 6.45) is 0. The molecule has 234 valence electrons. The number of nitriles is 3. The quantitative estimate of drug-likeness (QED) is 0.179. The van der Waals surface area contributed by atoms with Gasteiger partial charge in [0.25, 0.3) is 0 Å². The van der Waals surface area contributed by atoms with Crippen LogP contribution in [0.4, 0.5) is 0 Å². The molecule has 0 aliphatic carbocycles. The Morgan fingerprint density at radius 2 is 0.902 bits per heavy atom. The zero-order chi connectivity index (χ0) is 34.5. The Morgan fingerprint density at radius 3 is 1.53 bits per heavy atom. The zero-order valence-electron chi connectivity index (χ0n) is 27.3. The van der Waals surface area contributed by atoms with Crippen molar-refractivity contribution in [2.24, 2.45) is 0 Å². The van der Waals surface area contributed by atoms with Crippen molar-refractivity contribution in [1.82, 2.24) is 4.57 Å². The summed E-state index contributed by atoms with van der Waals surface area (Å²) >= 11 is 0. The fraction of sp³-hybridized carbons (Fsp3) is 0. The first-order valence-electron chi connectivity index (χ1n) is 16.7. The van der Waals surface area contributed by atoms with Crippen LogP contribution in [0.5, 0.6) is 0 Å². The molecule has 4 nitrogen and oxygen atoms in total. The van der Waals surface area contributed by atoms with Gasteiger partial charge >= 0.3 is 0 Å². The van der Waals surface area contributed by atoms with Gasteiger partial charge in [0.1, 0.15) is 0 Å². The summed E-state index contributed by atoms with van der Waals surface area (Å²) in [6.45, 7) is 0. The van der Waals surface area contributed by atoms with Crippen LogP contribution in [0.1, 0.15) is 16.7 Å². The topological polar surface area (TPSA) is 76.3 Å². The minimum Gasteiger partial charge on any atom is -0.309 e. The summed E-state index contributed by atoms with van der Waals surface area (Å²) in [5.41, 5.74) is 10.1. The average molecular weight is 647 g/mol. The van der Waals surface area contributed by atoms with E-state index in [0.29, 0.717) is 16.7 Å². The molecule has 0 fully saturated rings. The second-order valence-corrected chi connectivity index (χ2v) is 12.6. The number of aromatic nitrogens is 1. The number of hydrogen-bond acceptors (Lipinski definition) is 3. The highest BCUT2D eigenvalue weighted by atomic mass is 15.0. The first-order valence-corrected chi connectivity index (χ1v) is 16.7. The van der Waals surface area contributed by atoms with E-state index in [1.54, 1.807) is 0 Å². The maximum absolute atomic E-state index is 10.6. The SMILES string of the molecule is N#Cc1cc(-c2c(C#N)cccc2-n2c3ccccc3c3cc(C#N)ccc32)cc(-c2c3ccccc3c(-c3ccccc3)c3ccccc23)c1. The molecule has 1 aromatic heterocycles. The van der Waals surface area contributed by atoms with Crippen molar-refractivity contribution in [2.45, 2.75) is 0 Å². The molecule has 0 N–H and O–H groups in total. The van der Waals surface area contributed by atoms with Crippen LogP contribution in [0.3, 0.4) is 0 Å². The van der Waals surface area contributed by atoms with E-state index in [1.807, 2.05) is 66.7 Å². The van der Waals surface area contributed by atoms with Crippen molar-refractivity contribution in [1.29, 1.82) is 15.8 Å². The average Bonchev–Trinajstić information content (AvgIpc) is 3.53. The smallest absolute Gasteiger partial charge is 0.0998 e. The van der Waals surface area contributed by atoms with E-state index in [2.05, 4.69) is 114 Å². The molecule has 9 aromatic rings. The molecule has 0 saturated carbocycles. The molecule has 51 heavy (non-hydrogen) atoms. The predicted molar refractivity (Wildman–Crippen MR) is 206 cm³/mol.